The molecule has 0 spiro atoms. The first kappa shape index (κ1) is 12.8. The number of ether oxygens (including phenoxy) is 1. The second-order valence-electron chi connectivity index (χ2n) is 4.56. The molecule has 0 N–H and O–H groups in total. The molecule has 0 radical (unpaired) electrons. The van der Waals surface area contributed by atoms with Crippen molar-refractivity contribution in [2.24, 2.45) is 0 Å². The second kappa shape index (κ2) is 6.36. The fraction of sp³-hybridized carbons (Fsp3) is 0.294. The van der Waals surface area contributed by atoms with E-state index < -0.39 is 0 Å². The largest absolute Gasteiger partial charge is 0.366 e. The molecule has 0 aliphatic rings. The van der Waals surface area contributed by atoms with Crippen LogP contribution in [0.15, 0.2) is 60.7 Å². The minimum Gasteiger partial charge on any atom is -0.366 e. The van der Waals surface area contributed by atoms with Crippen LogP contribution in [-0.4, -0.2) is 6.10 Å². The smallest absolute Gasteiger partial charge is 0.108 e. The van der Waals surface area contributed by atoms with Gasteiger partial charge in [-0.15, -0.1) is 0 Å². The molecule has 2 rings (SSSR count). The summed E-state index contributed by atoms with van der Waals surface area (Å²) in [5.74, 6) is 0. The maximum Gasteiger partial charge on any atom is 0.108 e. The average molecular weight is 240 g/mol. The normalized spacial score (nSPS) is 12.6. The van der Waals surface area contributed by atoms with Gasteiger partial charge in [-0.1, -0.05) is 67.6 Å². The lowest BCUT2D eigenvalue weighted by atomic mass is 10.0. The third kappa shape index (κ3) is 3.21. The maximum atomic E-state index is 6.17. The van der Waals surface area contributed by atoms with Crippen LogP contribution in [0.2, 0.25) is 0 Å². The van der Waals surface area contributed by atoms with E-state index in [1.165, 1.54) is 11.1 Å². The van der Waals surface area contributed by atoms with Gasteiger partial charge in [-0.25, -0.2) is 0 Å². The highest BCUT2D eigenvalue weighted by Gasteiger charge is 2.16. The molecular weight excluding hydrogens is 220 g/mol. The predicted octanol–water partition coefficient (Wildman–Crippen LogP) is 4.59. The lowest BCUT2D eigenvalue weighted by Gasteiger charge is -2.22. The van der Waals surface area contributed by atoms with Gasteiger partial charge in [0.1, 0.15) is 6.10 Å². The van der Waals surface area contributed by atoms with E-state index >= 15 is 0 Å². The van der Waals surface area contributed by atoms with Gasteiger partial charge in [0.05, 0.1) is 6.10 Å². The standard InChI is InChI=1S/C17H20O/c1-3-14(2)18-17(15-10-6-4-7-11-15)16-12-8-5-9-13-16/h4-14,17H,3H2,1-2H3. The first-order valence-electron chi connectivity index (χ1n) is 6.56. The van der Waals surface area contributed by atoms with Crippen LogP contribution in [0.1, 0.15) is 37.5 Å². The van der Waals surface area contributed by atoms with Gasteiger partial charge in [0.15, 0.2) is 0 Å². The fourth-order valence-electron chi connectivity index (χ4n) is 1.93. The van der Waals surface area contributed by atoms with E-state index in [0.29, 0.717) is 0 Å². The van der Waals surface area contributed by atoms with E-state index in [0.717, 1.165) is 6.42 Å². The molecule has 0 saturated carbocycles. The molecule has 0 aliphatic heterocycles. The molecule has 0 fully saturated rings. The van der Waals surface area contributed by atoms with Gasteiger partial charge >= 0.3 is 0 Å². The Morgan fingerprint density at radius 2 is 1.28 bits per heavy atom. The number of rotatable bonds is 5. The summed E-state index contributed by atoms with van der Waals surface area (Å²) in [7, 11) is 0. The highest BCUT2D eigenvalue weighted by Crippen LogP contribution is 2.27. The Bertz CT molecular complexity index is 410. The molecule has 1 heteroatoms. The zero-order chi connectivity index (χ0) is 12.8. The van der Waals surface area contributed by atoms with E-state index in [9.17, 15) is 0 Å². The van der Waals surface area contributed by atoms with Crippen molar-refractivity contribution in [1.29, 1.82) is 0 Å². The van der Waals surface area contributed by atoms with Crippen molar-refractivity contribution >= 4 is 0 Å². The van der Waals surface area contributed by atoms with Gasteiger partial charge in [-0.05, 0) is 24.5 Å². The molecule has 18 heavy (non-hydrogen) atoms. The third-order valence-electron chi connectivity index (χ3n) is 3.15. The molecule has 0 heterocycles. The summed E-state index contributed by atoms with van der Waals surface area (Å²) >= 11 is 0. The molecule has 2 aromatic carbocycles. The Balaban J connectivity index is 2.29. The third-order valence-corrected chi connectivity index (χ3v) is 3.15. The lowest BCUT2D eigenvalue weighted by molar-refractivity contribution is 0.0174. The van der Waals surface area contributed by atoms with Crippen molar-refractivity contribution in [3.63, 3.8) is 0 Å². The summed E-state index contributed by atoms with van der Waals surface area (Å²) in [5, 5.41) is 0. The van der Waals surface area contributed by atoms with Crippen LogP contribution in [0.4, 0.5) is 0 Å². The second-order valence-corrected chi connectivity index (χ2v) is 4.56. The monoisotopic (exact) mass is 240 g/mol. The molecule has 2 aromatic rings. The Hall–Kier alpha value is -1.60. The van der Waals surface area contributed by atoms with Gasteiger partial charge < -0.3 is 4.74 Å². The minimum atomic E-state index is 0.0300. The van der Waals surface area contributed by atoms with E-state index in [4.69, 9.17) is 4.74 Å². The van der Waals surface area contributed by atoms with Crippen molar-refractivity contribution in [2.75, 3.05) is 0 Å². The molecule has 0 bridgehead atoms. The van der Waals surface area contributed by atoms with E-state index in [2.05, 4.69) is 62.4 Å². The van der Waals surface area contributed by atoms with Crippen LogP contribution >= 0.6 is 0 Å². The molecule has 0 amide bonds. The Morgan fingerprint density at radius 3 is 1.67 bits per heavy atom. The van der Waals surface area contributed by atoms with Gasteiger partial charge in [0, 0.05) is 0 Å². The van der Waals surface area contributed by atoms with Crippen LogP contribution in [0.25, 0.3) is 0 Å². The molecule has 1 atom stereocenters. The van der Waals surface area contributed by atoms with Crippen molar-refractivity contribution in [3.8, 4) is 0 Å². The van der Waals surface area contributed by atoms with Crippen molar-refractivity contribution in [3.05, 3.63) is 71.8 Å². The molecule has 1 unspecified atom stereocenters. The van der Waals surface area contributed by atoms with Gasteiger partial charge in [-0.2, -0.15) is 0 Å². The SMILES string of the molecule is CCC(C)OC(c1ccccc1)c1ccccc1. The van der Waals surface area contributed by atoms with Gasteiger partial charge in [0.2, 0.25) is 0 Å². The van der Waals surface area contributed by atoms with Crippen molar-refractivity contribution in [2.45, 2.75) is 32.5 Å². The van der Waals surface area contributed by atoms with E-state index in [-0.39, 0.29) is 12.2 Å². The minimum absolute atomic E-state index is 0.0300. The van der Waals surface area contributed by atoms with Crippen molar-refractivity contribution in [1.82, 2.24) is 0 Å². The molecule has 0 saturated heterocycles. The highest BCUT2D eigenvalue weighted by molar-refractivity contribution is 5.29. The van der Waals surface area contributed by atoms with Crippen LogP contribution in [0.3, 0.4) is 0 Å². The number of hydrogen-bond donors (Lipinski definition) is 0. The average Bonchev–Trinajstić information content (AvgIpc) is 2.46. The molecule has 1 nitrogen and oxygen atoms in total. The highest BCUT2D eigenvalue weighted by atomic mass is 16.5. The van der Waals surface area contributed by atoms with E-state index in [1.54, 1.807) is 0 Å². The summed E-state index contributed by atoms with van der Waals surface area (Å²) in [6, 6.07) is 20.8. The Kier molecular flexibility index (Phi) is 4.54. The number of benzene rings is 2. The first-order valence-corrected chi connectivity index (χ1v) is 6.56. The summed E-state index contributed by atoms with van der Waals surface area (Å²) in [4.78, 5) is 0. The molecular formula is C17H20O. The first-order chi connectivity index (χ1) is 8.81. The lowest BCUT2D eigenvalue weighted by Crippen LogP contribution is -2.14. The van der Waals surface area contributed by atoms with Gasteiger partial charge in [-0.3, -0.25) is 0 Å². The quantitative estimate of drug-likeness (QED) is 0.742. The molecule has 0 aliphatic carbocycles. The van der Waals surface area contributed by atoms with E-state index in [1.807, 2.05) is 12.1 Å². The van der Waals surface area contributed by atoms with Crippen LogP contribution in [0, 0.1) is 0 Å². The fourth-order valence-corrected chi connectivity index (χ4v) is 1.93. The van der Waals surface area contributed by atoms with Crippen LogP contribution in [-0.2, 0) is 4.74 Å². The molecule has 94 valence electrons. The zero-order valence-electron chi connectivity index (χ0n) is 11.0. The summed E-state index contributed by atoms with van der Waals surface area (Å²) in [6.45, 7) is 4.27. The zero-order valence-corrected chi connectivity index (χ0v) is 11.0. The Labute approximate surface area is 109 Å². The number of hydrogen-bond acceptors (Lipinski definition) is 1. The van der Waals surface area contributed by atoms with Crippen LogP contribution < -0.4 is 0 Å². The van der Waals surface area contributed by atoms with Crippen LogP contribution in [0.5, 0.6) is 0 Å². The summed E-state index contributed by atoms with van der Waals surface area (Å²) in [6.07, 6.45) is 1.31. The molecule has 0 aromatic heterocycles. The summed E-state index contributed by atoms with van der Waals surface area (Å²) in [5.41, 5.74) is 2.42. The topological polar surface area (TPSA) is 9.23 Å². The van der Waals surface area contributed by atoms with Gasteiger partial charge in [0.25, 0.3) is 0 Å². The summed E-state index contributed by atoms with van der Waals surface area (Å²) < 4.78 is 6.17. The van der Waals surface area contributed by atoms with Crippen molar-refractivity contribution < 1.29 is 4.74 Å². The Morgan fingerprint density at radius 1 is 0.833 bits per heavy atom. The predicted molar refractivity (Wildman–Crippen MR) is 75.6 cm³/mol. The maximum absolute atomic E-state index is 6.17.